The number of fused-ring (bicyclic) bond motifs is 2. The fourth-order valence-electron chi connectivity index (χ4n) is 2.99. The van der Waals surface area contributed by atoms with Crippen LogP contribution in [0.5, 0.6) is 11.5 Å². The van der Waals surface area contributed by atoms with Gasteiger partial charge in [0.2, 0.25) is 0 Å². The van der Waals surface area contributed by atoms with E-state index in [1.807, 2.05) is 27.7 Å². The maximum absolute atomic E-state index is 12.3. The fourth-order valence-corrected chi connectivity index (χ4v) is 3.16. The average Bonchev–Trinajstić information content (AvgIpc) is 2.73. The Morgan fingerprint density at radius 1 is 0.742 bits per heavy atom. The van der Waals surface area contributed by atoms with E-state index in [1.165, 1.54) is 0 Å². The summed E-state index contributed by atoms with van der Waals surface area (Å²) in [4.78, 5) is 24.6. The maximum Gasteiger partial charge on any atom is 0.513 e. The second-order valence-electron chi connectivity index (χ2n) is 8.01. The van der Waals surface area contributed by atoms with Crippen molar-refractivity contribution in [3.05, 3.63) is 47.5 Å². The maximum atomic E-state index is 12.3. The standard InChI is InChI=1S/C24H25ClO6/c1-14(2)12-28-23(26)30-21-17-7-5-6-8-18(17)22(31-24(27)29-13-15(3)4)20-11-16(25)9-10-19(20)21/h5-11,14-15H,12-13H2,1-4H3. The predicted molar refractivity (Wildman–Crippen MR) is 120 cm³/mol. The molecule has 0 aliphatic heterocycles. The van der Waals surface area contributed by atoms with E-state index in [2.05, 4.69) is 0 Å². The van der Waals surface area contributed by atoms with Crippen LogP contribution in [0.25, 0.3) is 21.5 Å². The fraction of sp³-hybridized carbons (Fsp3) is 0.333. The van der Waals surface area contributed by atoms with Crippen molar-refractivity contribution in [3.8, 4) is 11.5 Å². The predicted octanol–water partition coefficient (Wildman–Crippen LogP) is 6.99. The number of ether oxygens (including phenoxy) is 4. The first kappa shape index (κ1) is 22.7. The molecule has 7 heteroatoms. The van der Waals surface area contributed by atoms with E-state index in [-0.39, 0.29) is 30.8 Å². The number of benzene rings is 3. The van der Waals surface area contributed by atoms with Crippen molar-refractivity contribution in [1.29, 1.82) is 0 Å². The van der Waals surface area contributed by atoms with E-state index < -0.39 is 12.3 Å². The minimum Gasteiger partial charge on any atom is -0.434 e. The lowest BCUT2D eigenvalue weighted by Crippen LogP contribution is -2.16. The van der Waals surface area contributed by atoms with E-state index in [4.69, 9.17) is 30.5 Å². The van der Waals surface area contributed by atoms with Crippen molar-refractivity contribution < 1.29 is 28.5 Å². The van der Waals surface area contributed by atoms with Gasteiger partial charge in [0.1, 0.15) is 5.75 Å². The van der Waals surface area contributed by atoms with Crippen LogP contribution in [0.2, 0.25) is 5.02 Å². The van der Waals surface area contributed by atoms with E-state index in [0.717, 1.165) is 0 Å². The molecule has 0 atom stereocenters. The Kier molecular flexibility index (Phi) is 7.23. The van der Waals surface area contributed by atoms with Gasteiger partial charge < -0.3 is 18.9 Å². The summed E-state index contributed by atoms with van der Waals surface area (Å²) in [7, 11) is 0. The summed E-state index contributed by atoms with van der Waals surface area (Å²) >= 11 is 6.22. The molecule has 164 valence electrons. The van der Waals surface area contributed by atoms with Crippen LogP contribution in [0, 0.1) is 11.8 Å². The second-order valence-corrected chi connectivity index (χ2v) is 8.44. The van der Waals surface area contributed by atoms with Crippen LogP contribution < -0.4 is 9.47 Å². The van der Waals surface area contributed by atoms with Crippen LogP contribution >= 0.6 is 11.6 Å². The molecule has 0 aromatic heterocycles. The van der Waals surface area contributed by atoms with E-state index in [1.54, 1.807) is 42.5 Å². The number of carbonyl (C=O) groups excluding carboxylic acids is 2. The Hall–Kier alpha value is -2.99. The molecule has 0 aliphatic carbocycles. The average molecular weight is 445 g/mol. The third-order valence-corrected chi connectivity index (χ3v) is 4.56. The highest BCUT2D eigenvalue weighted by molar-refractivity contribution is 6.31. The van der Waals surface area contributed by atoms with Crippen LogP contribution in [0.1, 0.15) is 27.7 Å². The topological polar surface area (TPSA) is 71.1 Å². The Bertz CT molecular complexity index is 1110. The number of hydrogen-bond donors (Lipinski definition) is 0. The van der Waals surface area contributed by atoms with Crippen molar-refractivity contribution in [2.75, 3.05) is 13.2 Å². The highest BCUT2D eigenvalue weighted by Gasteiger charge is 2.21. The first-order valence-electron chi connectivity index (χ1n) is 10.1. The molecule has 0 saturated heterocycles. The molecule has 0 fully saturated rings. The van der Waals surface area contributed by atoms with Gasteiger partial charge in [-0.3, -0.25) is 0 Å². The summed E-state index contributed by atoms with van der Waals surface area (Å²) in [5, 5.41) is 2.67. The van der Waals surface area contributed by atoms with Crippen molar-refractivity contribution >= 4 is 45.5 Å². The number of halogens is 1. The minimum absolute atomic E-state index is 0.170. The molecule has 31 heavy (non-hydrogen) atoms. The van der Waals surface area contributed by atoms with Crippen molar-refractivity contribution in [3.63, 3.8) is 0 Å². The minimum atomic E-state index is -0.815. The van der Waals surface area contributed by atoms with E-state index in [9.17, 15) is 9.59 Å². The number of rotatable bonds is 6. The quantitative estimate of drug-likeness (QED) is 0.232. The third-order valence-electron chi connectivity index (χ3n) is 4.33. The smallest absolute Gasteiger partial charge is 0.434 e. The van der Waals surface area contributed by atoms with Crippen LogP contribution in [0.15, 0.2) is 42.5 Å². The molecule has 0 N–H and O–H groups in total. The van der Waals surface area contributed by atoms with Crippen molar-refractivity contribution in [1.82, 2.24) is 0 Å². The van der Waals surface area contributed by atoms with E-state index >= 15 is 0 Å². The van der Waals surface area contributed by atoms with Gasteiger partial charge in [-0.15, -0.1) is 0 Å². The van der Waals surface area contributed by atoms with Gasteiger partial charge in [0.25, 0.3) is 0 Å². The molecule has 0 unspecified atom stereocenters. The molecule has 0 spiro atoms. The summed E-state index contributed by atoms with van der Waals surface area (Å²) in [5.74, 6) is 0.930. The molecule has 0 bridgehead atoms. The van der Waals surface area contributed by atoms with Gasteiger partial charge in [-0.1, -0.05) is 63.6 Å². The molecule has 3 aromatic rings. The van der Waals surface area contributed by atoms with Gasteiger partial charge >= 0.3 is 12.3 Å². The zero-order valence-corrected chi connectivity index (χ0v) is 18.7. The molecule has 3 rings (SSSR count). The van der Waals surface area contributed by atoms with E-state index in [0.29, 0.717) is 32.3 Å². The zero-order valence-electron chi connectivity index (χ0n) is 17.9. The molecule has 0 amide bonds. The van der Waals surface area contributed by atoms with Crippen LogP contribution in [0.4, 0.5) is 9.59 Å². The van der Waals surface area contributed by atoms with Gasteiger partial charge in [0.05, 0.1) is 13.2 Å². The SMILES string of the molecule is CC(C)COC(=O)Oc1c2ccccc2c(OC(=O)OCC(C)C)c2cc(Cl)ccc12. The molecule has 0 aliphatic rings. The molecular formula is C24H25ClO6. The molecule has 3 aromatic carbocycles. The largest absolute Gasteiger partial charge is 0.513 e. The Morgan fingerprint density at radius 2 is 1.19 bits per heavy atom. The first-order chi connectivity index (χ1) is 14.8. The lowest BCUT2D eigenvalue weighted by atomic mass is 10.0. The highest BCUT2D eigenvalue weighted by Crippen LogP contribution is 2.43. The molecular weight excluding hydrogens is 420 g/mol. The molecule has 0 saturated carbocycles. The molecule has 0 heterocycles. The number of carbonyl (C=O) groups is 2. The van der Waals surface area contributed by atoms with Gasteiger partial charge in [-0.2, -0.15) is 0 Å². The van der Waals surface area contributed by atoms with Crippen molar-refractivity contribution in [2.45, 2.75) is 27.7 Å². The first-order valence-corrected chi connectivity index (χ1v) is 10.5. The monoisotopic (exact) mass is 444 g/mol. The Balaban J connectivity index is 2.11. The van der Waals surface area contributed by atoms with Gasteiger partial charge in [-0.05, 0) is 30.0 Å². The molecule has 0 radical (unpaired) electrons. The highest BCUT2D eigenvalue weighted by atomic mass is 35.5. The van der Waals surface area contributed by atoms with Gasteiger partial charge in [-0.25, -0.2) is 9.59 Å². The normalized spacial score (nSPS) is 11.2. The lowest BCUT2D eigenvalue weighted by molar-refractivity contribution is 0.0879. The summed E-state index contributed by atoms with van der Waals surface area (Å²) in [6, 6.07) is 12.2. The van der Waals surface area contributed by atoms with Gasteiger partial charge in [0.15, 0.2) is 5.75 Å². The number of hydrogen-bond acceptors (Lipinski definition) is 6. The Morgan fingerprint density at radius 3 is 1.68 bits per heavy atom. The van der Waals surface area contributed by atoms with Crippen molar-refractivity contribution in [2.24, 2.45) is 11.8 Å². The zero-order chi connectivity index (χ0) is 22.5. The summed E-state index contributed by atoms with van der Waals surface area (Å²) < 4.78 is 21.6. The lowest BCUT2D eigenvalue weighted by Gasteiger charge is -2.17. The van der Waals surface area contributed by atoms with Crippen LogP contribution in [0.3, 0.4) is 0 Å². The summed E-state index contributed by atoms with van der Waals surface area (Å²) in [6.45, 7) is 8.21. The third kappa shape index (κ3) is 5.58. The second kappa shape index (κ2) is 9.88. The summed E-state index contributed by atoms with van der Waals surface area (Å²) in [6.07, 6.45) is -1.62. The van der Waals surface area contributed by atoms with Crippen LogP contribution in [-0.2, 0) is 9.47 Å². The summed E-state index contributed by atoms with van der Waals surface area (Å²) in [5.41, 5.74) is 0. The Labute approximate surface area is 186 Å². The van der Waals surface area contributed by atoms with Crippen LogP contribution in [-0.4, -0.2) is 25.5 Å². The molecule has 6 nitrogen and oxygen atoms in total. The van der Waals surface area contributed by atoms with Gasteiger partial charge in [0, 0.05) is 26.6 Å².